The summed E-state index contributed by atoms with van der Waals surface area (Å²) in [6, 6.07) is 0. The van der Waals surface area contributed by atoms with E-state index in [9.17, 15) is 4.79 Å². The summed E-state index contributed by atoms with van der Waals surface area (Å²) in [5.41, 5.74) is 0. The van der Waals surface area contributed by atoms with Gasteiger partial charge in [-0.05, 0) is 12.8 Å². The molecule has 0 radical (unpaired) electrons. The molecule has 132 valence electrons. The predicted octanol–water partition coefficient (Wildman–Crippen LogP) is 6.32. The highest BCUT2D eigenvalue weighted by atomic mass is 16.5. The van der Waals surface area contributed by atoms with Gasteiger partial charge in [-0.15, -0.1) is 0 Å². The van der Waals surface area contributed by atoms with Gasteiger partial charge in [-0.2, -0.15) is 0 Å². The molecule has 0 aromatic carbocycles. The molecule has 0 fully saturated rings. The molecule has 2 unspecified atom stereocenters. The van der Waals surface area contributed by atoms with Crippen LogP contribution in [0.15, 0.2) is 0 Å². The van der Waals surface area contributed by atoms with Crippen LogP contribution in [-0.4, -0.2) is 19.5 Å². The van der Waals surface area contributed by atoms with E-state index < -0.39 is 0 Å². The smallest absolute Gasteiger partial charge is 0.125 e. The highest BCUT2D eigenvalue weighted by Crippen LogP contribution is 2.20. The molecule has 0 bridgehead atoms. The first kappa shape index (κ1) is 21.6. The fraction of sp³-hybridized carbons (Fsp3) is 0.950. The molecule has 0 aliphatic rings. The van der Waals surface area contributed by atoms with Crippen LogP contribution < -0.4 is 0 Å². The van der Waals surface area contributed by atoms with Crippen LogP contribution >= 0.6 is 0 Å². The summed E-state index contributed by atoms with van der Waals surface area (Å²) in [6.45, 7) is 4.49. The second-order valence-corrected chi connectivity index (χ2v) is 6.69. The summed E-state index contributed by atoms with van der Waals surface area (Å²) in [7, 11) is 1.76. The lowest BCUT2D eigenvalue weighted by molar-refractivity contribution is -0.115. The van der Waals surface area contributed by atoms with Crippen LogP contribution in [0.1, 0.15) is 104 Å². The molecule has 0 amide bonds. The minimum atomic E-state index is 0.104. The fourth-order valence-electron chi connectivity index (χ4n) is 3.13. The molecule has 0 aliphatic carbocycles. The Morgan fingerprint density at radius 1 is 0.727 bits per heavy atom. The van der Waals surface area contributed by atoms with Gasteiger partial charge >= 0.3 is 0 Å². The Bertz CT molecular complexity index is 228. The van der Waals surface area contributed by atoms with E-state index in [1.807, 2.05) is 0 Å². The molecule has 0 saturated heterocycles. The molecule has 2 heteroatoms. The van der Waals surface area contributed by atoms with Gasteiger partial charge in [0.15, 0.2) is 0 Å². The molecule has 22 heavy (non-hydrogen) atoms. The van der Waals surface area contributed by atoms with Crippen molar-refractivity contribution in [1.82, 2.24) is 0 Å². The first-order chi connectivity index (χ1) is 10.8. The van der Waals surface area contributed by atoms with Crippen molar-refractivity contribution in [2.75, 3.05) is 7.11 Å². The Kier molecular flexibility index (Phi) is 16.7. The third-order valence-corrected chi connectivity index (χ3v) is 4.69. The van der Waals surface area contributed by atoms with Crippen LogP contribution in [0.25, 0.3) is 0 Å². The van der Waals surface area contributed by atoms with Crippen LogP contribution in [0.4, 0.5) is 0 Å². The number of hydrogen-bond donors (Lipinski definition) is 0. The second kappa shape index (κ2) is 17.0. The summed E-state index contributed by atoms with van der Waals surface area (Å²) < 4.78 is 5.60. The third-order valence-electron chi connectivity index (χ3n) is 4.69. The Morgan fingerprint density at radius 3 is 1.64 bits per heavy atom. The molecule has 0 rings (SSSR count). The molecule has 2 atom stereocenters. The molecule has 0 heterocycles. The lowest BCUT2D eigenvalue weighted by Crippen LogP contribution is -2.24. The van der Waals surface area contributed by atoms with Crippen molar-refractivity contribution in [1.29, 1.82) is 0 Å². The quantitative estimate of drug-likeness (QED) is 0.232. The maximum Gasteiger partial charge on any atom is 0.125 e. The van der Waals surface area contributed by atoms with E-state index in [-0.39, 0.29) is 12.0 Å². The largest absolute Gasteiger partial charge is 0.381 e. The fourth-order valence-corrected chi connectivity index (χ4v) is 3.13. The van der Waals surface area contributed by atoms with E-state index in [1.54, 1.807) is 7.11 Å². The van der Waals surface area contributed by atoms with E-state index in [4.69, 9.17) is 4.74 Å². The van der Waals surface area contributed by atoms with E-state index in [0.29, 0.717) is 0 Å². The van der Waals surface area contributed by atoms with Gasteiger partial charge < -0.3 is 9.53 Å². The monoisotopic (exact) mass is 312 g/mol. The molecular weight excluding hydrogens is 272 g/mol. The van der Waals surface area contributed by atoms with Gasteiger partial charge in [0.05, 0.1) is 6.10 Å². The molecular formula is C20H40O2. The van der Waals surface area contributed by atoms with Crippen molar-refractivity contribution in [3.63, 3.8) is 0 Å². The van der Waals surface area contributed by atoms with Crippen LogP contribution in [0.2, 0.25) is 0 Å². The van der Waals surface area contributed by atoms with Gasteiger partial charge in [0.1, 0.15) is 6.29 Å². The standard InChI is InChI=1S/C20H40O2/c1-4-6-8-10-12-14-16-19(18-21)20(22-3)17-15-13-11-9-7-5-2/h18-20H,4-17H2,1-3H3. The minimum absolute atomic E-state index is 0.104. The van der Waals surface area contributed by atoms with E-state index in [2.05, 4.69) is 13.8 Å². The molecule has 0 aromatic heterocycles. The summed E-state index contributed by atoms with van der Waals surface area (Å²) in [4.78, 5) is 11.4. The van der Waals surface area contributed by atoms with E-state index in [0.717, 1.165) is 19.1 Å². The molecule has 0 aromatic rings. The molecule has 0 N–H and O–H groups in total. The summed E-state index contributed by atoms with van der Waals surface area (Å²) >= 11 is 0. The Balaban J connectivity index is 3.77. The van der Waals surface area contributed by atoms with Crippen LogP contribution in [0.3, 0.4) is 0 Å². The SMILES string of the molecule is CCCCCCCCC(C=O)C(CCCCCCCC)OC. The number of rotatable bonds is 17. The van der Waals surface area contributed by atoms with Gasteiger partial charge in [-0.1, -0.05) is 90.9 Å². The highest BCUT2D eigenvalue weighted by molar-refractivity contribution is 5.54. The summed E-state index contributed by atoms with van der Waals surface area (Å²) in [6.07, 6.45) is 18.8. The molecule has 0 saturated carbocycles. The lowest BCUT2D eigenvalue weighted by atomic mass is 9.92. The number of aldehydes is 1. The third kappa shape index (κ3) is 12.2. The van der Waals surface area contributed by atoms with Crippen molar-refractivity contribution in [2.24, 2.45) is 5.92 Å². The van der Waals surface area contributed by atoms with Crippen molar-refractivity contribution < 1.29 is 9.53 Å². The zero-order valence-electron chi connectivity index (χ0n) is 15.4. The van der Waals surface area contributed by atoms with Crippen molar-refractivity contribution >= 4 is 6.29 Å². The topological polar surface area (TPSA) is 26.3 Å². The first-order valence-electron chi connectivity index (χ1n) is 9.78. The summed E-state index contributed by atoms with van der Waals surface area (Å²) in [5.74, 6) is 0.104. The zero-order valence-corrected chi connectivity index (χ0v) is 15.4. The Hall–Kier alpha value is -0.370. The molecule has 0 spiro atoms. The highest BCUT2D eigenvalue weighted by Gasteiger charge is 2.19. The van der Waals surface area contributed by atoms with Gasteiger partial charge in [0.25, 0.3) is 0 Å². The number of carbonyl (C=O) groups is 1. The number of ether oxygens (including phenoxy) is 1. The predicted molar refractivity (Wildman–Crippen MR) is 96.3 cm³/mol. The number of methoxy groups -OCH3 is 1. The average Bonchev–Trinajstić information content (AvgIpc) is 2.54. The molecule has 2 nitrogen and oxygen atoms in total. The van der Waals surface area contributed by atoms with E-state index in [1.165, 1.54) is 77.0 Å². The van der Waals surface area contributed by atoms with Gasteiger partial charge in [0, 0.05) is 13.0 Å². The van der Waals surface area contributed by atoms with Crippen LogP contribution in [-0.2, 0) is 9.53 Å². The van der Waals surface area contributed by atoms with Crippen molar-refractivity contribution in [3.05, 3.63) is 0 Å². The first-order valence-corrected chi connectivity index (χ1v) is 9.78. The van der Waals surface area contributed by atoms with Gasteiger partial charge in [-0.25, -0.2) is 0 Å². The summed E-state index contributed by atoms with van der Waals surface area (Å²) in [5, 5.41) is 0. The second-order valence-electron chi connectivity index (χ2n) is 6.69. The Labute approximate surface area is 139 Å². The van der Waals surface area contributed by atoms with Gasteiger partial charge in [0.2, 0.25) is 0 Å². The van der Waals surface area contributed by atoms with E-state index >= 15 is 0 Å². The minimum Gasteiger partial charge on any atom is -0.381 e. The lowest BCUT2D eigenvalue weighted by Gasteiger charge is -2.21. The van der Waals surface area contributed by atoms with Gasteiger partial charge in [-0.3, -0.25) is 0 Å². The maximum atomic E-state index is 11.4. The number of unbranched alkanes of at least 4 members (excludes halogenated alkanes) is 10. The number of hydrogen-bond acceptors (Lipinski definition) is 2. The maximum absolute atomic E-state index is 11.4. The molecule has 0 aliphatic heterocycles. The normalized spacial score (nSPS) is 14.0. The van der Waals surface area contributed by atoms with Crippen molar-refractivity contribution in [3.8, 4) is 0 Å². The average molecular weight is 313 g/mol. The zero-order chi connectivity index (χ0) is 16.5. The van der Waals surface area contributed by atoms with Crippen molar-refractivity contribution in [2.45, 2.75) is 110 Å². The van der Waals surface area contributed by atoms with Crippen LogP contribution in [0, 0.1) is 5.92 Å². The Morgan fingerprint density at radius 2 is 1.18 bits per heavy atom. The number of carbonyl (C=O) groups excluding carboxylic acids is 1. The van der Waals surface area contributed by atoms with Crippen LogP contribution in [0.5, 0.6) is 0 Å².